The monoisotopic (exact) mass is 404 g/mol. The molecule has 0 fully saturated rings. The molecule has 3 nitrogen and oxygen atoms in total. The van der Waals surface area contributed by atoms with Crippen LogP contribution in [0, 0.1) is 0 Å². The van der Waals surface area contributed by atoms with E-state index in [-0.39, 0.29) is 12.3 Å². The fraction of sp³-hybridized carbons (Fsp3) is 0.136. The molecule has 2 aliphatic rings. The van der Waals surface area contributed by atoms with Crippen molar-refractivity contribution in [1.29, 1.82) is 0 Å². The third kappa shape index (κ3) is 2.61. The smallest absolute Gasteiger partial charge is 0.213 e. The van der Waals surface area contributed by atoms with E-state index in [1.807, 2.05) is 24.3 Å². The maximum absolute atomic E-state index is 6.35. The number of para-hydroxylation sites is 1. The summed E-state index contributed by atoms with van der Waals surface area (Å²) in [4.78, 5) is 0. The summed E-state index contributed by atoms with van der Waals surface area (Å²) in [6.45, 7) is 0. The average Bonchev–Trinajstić information content (AvgIpc) is 3.14. The SMILES string of the molecule is Brc1ccc(C2=NN3[C@@H](c4ccccc4)Oc4ccccc4[C@@H]3C2)cc1. The lowest BCUT2D eigenvalue weighted by Crippen LogP contribution is -2.33. The highest BCUT2D eigenvalue weighted by molar-refractivity contribution is 9.10. The second-order valence-corrected chi connectivity index (χ2v) is 7.49. The van der Waals surface area contributed by atoms with Crippen LogP contribution in [0.1, 0.15) is 35.4 Å². The van der Waals surface area contributed by atoms with Crippen molar-refractivity contribution in [3.05, 3.63) is 100 Å². The van der Waals surface area contributed by atoms with E-state index in [0.717, 1.165) is 33.5 Å². The van der Waals surface area contributed by atoms with Crippen molar-refractivity contribution >= 4 is 21.6 Å². The zero-order valence-corrected chi connectivity index (χ0v) is 15.6. The summed E-state index contributed by atoms with van der Waals surface area (Å²) in [6, 6.07) is 27.2. The lowest BCUT2D eigenvalue weighted by atomic mass is 9.96. The molecule has 0 saturated carbocycles. The molecule has 3 aromatic rings. The van der Waals surface area contributed by atoms with E-state index in [0.29, 0.717) is 0 Å². The third-order valence-electron chi connectivity index (χ3n) is 4.96. The second-order valence-electron chi connectivity index (χ2n) is 6.57. The Morgan fingerprint density at radius 3 is 2.42 bits per heavy atom. The first-order valence-corrected chi connectivity index (χ1v) is 9.51. The highest BCUT2D eigenvalue weighted by atomic mass is 79.9. The number of hydrazone groups is 1. The number of hydrogen-bond acceptors (Lipinski definition) is 3. The minimum absolute atomic E-state index is 0.198. The summed E-state index contributed by atoms with van der Waals surface area (Å²) < 4.78 is 7.42. The summed E-state index contributed by atoms with van der Waals surface area (Å²) in [5.74, 6) is 0.954. The number of nitrogens with zero attached hydrogens (tertiary/aromatic N) is 2. The van der Waals surface area contributed by atoms with Gasteiger partial charge in [-0.1, -0.05) is 76.6 Å². The van der Waals surface area contributed by atoms with E-state index in [1.54, 1.807) is 0 Å². The van der Waals surface area contributed by atoms with Crippen molar-refractivity contribution in [3.63, 3.8) is 0 Å². The van der Waals surface area contributed by atoms with Crippen molar-refractivity contribution < 1.29 is 4.74 Å². The first kappa shape index (κ1) is 15.6. The highest BCUT2D eigenvalue weighted by Gasteiger charge is 2.40. The number of halogens is 1. The van der Waals surface area contributed by atoms with Crippen LogP contribution < -0.4 is 4.74 Å². The van der Waals surface area contributed by atoms with E-state index in [1.165, 1.54) is 5.56 Å². The Balaban J connectivity index is 1.59. The summed E-state index contributed by atoms with van der Waals surface area (Å²) >= 11 is 3.51. The Hall–Kier alpha value is -2.59. The molecular weight excluding hydrogens is 388 g/mol. The van der Waals surface area contributed by atoms with Crippen molar-refractivity contribution in [2.24, 2.45) is 5.10 Å². The third-order valence-corrected chi connectivity index (χ3v) is 5.49. The topological polar surface area (TPSA) is 24.8 Å². The van der Waals surface area contributed by atoms with E-state index in [2.05, 4.69) is 75.5 Å². The fourth-order valence-electron chi connectivity index (χ4n) is 3.69. The normalized spacial score (nSPS) is 20.8. The average molecular weight is 405 g/mol. The Morgan fingerprint density at radius 1 is 0.885 bits per heavy atom. The number of benzene rings is 3. The molecule has 0 aromatic heterocycles. The van der Waals surface area contributed by atoms with E-state index >= 15 is 0 Å². The second kappa shape index (κ2) is 6.29. The highest BCUT2D eigenvalue weighted by Crippen LogP contribution is 2.47. The van der Waals surface area contributed by atoms with Gasteiger partial charge in [-0.25, -0.2) is 5.01 Å². The van der Waals surface area contributed by atoms with Crippen molar-refractivity contribution in [1.82, 2.24) is 5.01 Å². The molecule has 5 rings (SSSR count). The lowest BCUT2D eigenvalue weighted by Gasteiger charge is -2.38. The molecule has 0 aliphatic carbocycles. The van der Waals surface area contributed by atoms with Gasteiger partial charge < -0.3 is 4.74 Å². The molecule has 4 heteroatoms. The molecule has 26 heavy (non-hydrogen) atoms. The van der Waals surface area contributed by atoms with Gasteiger partial charge in [-0.2, -0.15) is 5.10 Å². The molecule has 0 unspecified atom stereocenters. The van der Waals surface area contributed by atoms with Crippen LogP contribution in [0.25, 0.3) is 0 Å². The van der Waals surface area contributed by atoms with Gasteiger partial charge in [-0.3, -0.25) is 0 Å². The Bertz CT molecular complexity index is 969. The summed E-state index contributed by atoms with van der Waals surface area (Å²) in [5, 5.41) is 7.10. The molecule has 0 bridgehead atoms. The minimum atomic E-state index is -0.205. The predicted octanol–water partition coefficient (Wildman–Crippen LogP) is 5.69. The van der Waals surface area contributed by atoms with Crippen LogP contribution in [-0.2, 0) is 0 Å². The summed E-state index contributed by atoms with van der Waals surface area (Å²) in [5.41, 5.74) is 4.58. The number of fused-ring (bicyclic) bond motifs is 3. The van der Waals surface area contributed by atoms with Crippen LogP contribution >= 0.6 is 15.9 Å². The van der Waals surface area contributed by atoms with Crippen LogP contribution in [0.2, 0.25) is 0 Å². The van der Waals surface area contributed by atoms with Gasteiger partial charge in [0.05, 0.1) is 11.8 Å². The number of ether oxygens (including phenoxy) is 1. The van der Waals surface area contributed by atoms with E-state index < -0.39 is 0 Å². The number of hydrogen-bond donors (Lipinski definition) is 0. The lowest BCUT2D eigenvalue weighted by molar-refractivity contribution is -0.0190. The van der Waals surface area contributed by atoms with Gasteiger partial charge >= 0.3 is 0 Å². The molecule has 0 spiro atoms. The predicted molar refractivity (Wildman–Crippen MR) is 106 cm³/mol. The molecule has 0 N–H and O–H groups in total. The minimum Gasteiger partial charge on any atom is -0.464 e. The Labute approximate surface area is 161 Å². The molecule has 128 valence electrons. The maximum Gasteiger partial charge on any atom is 0.213 e. The van der Waals surface area contributed by atoms with Crippen LogP contribution in [0.4, 0.5) is 0 Å². The van der Waals surface area contributed by atoms with Crippen molar-refractivity contribution in [2.75, 3.05) is 0 Å². The molecule has 2 aliphatic heterocycles. The Morgan fingerprint density at radius 2 is 1.62 bits per heavy atom. The molecule has 2 atom stereocenters. The van der Waals surface area contributed by atoms with Crippen molar-refractivity contribution in [3.8, 4) is 5.75 Å². The summed E-state index contributed by atoms with van der Waals surface area (Å²) in [7, 11) is 0. The molecule has 0 radical (unpaired) electrons. The van der Waals surface area contributed by atoms with Gasteiger partial charge in [0.25, 0.3) is 0 Å². The molecular formula is C22H17BrN2O. The van der Waals surface area contributed by atoms with Crippen LogP contribution in [-0.4, -0.2) is 10.7 Å². The van der Waals surface area contributed by atoms with E-state index in [9.17, 15) is 0 Å². The number of rotatable bonds is 2. The zero-order valence-electron chi connectivity index (χ0n) is 14.0. The van der Waals surface area contributed by atoms with Gasteiger partial charge in [0, 0.05) is 22.0 Å². The van der Waals surface area contributed by atoms with Gasteiger partial charge in [0.2, 0.25) is 6.23 Å². The van der Waals surface area contributed by atoms with Crippen LogP contribution in [0.15, 0.2) is 88.4 Å². The van der Waals surface area contributed by atoms with Crippen LogP contribution in [0.5, 0.6) is 5.75 Å². The van der Waals surface area contributed by atoms with Gasteiger partial charge in [-0.05, 0) is 23.8 Å². The first-order chi connectivity index (χ1) is 12.8. The van der Waals surface area contributed by atoms with Gasteiger partial charge in [-0.15, -0.1) is 0 Å². The zero-order chi connectivity index (χ0) is 17.5. The van der Waals surface area contributed by atoms with Gasteiger partial charge in [0.15, 0.2) is 0 Å². The molecule has 0 amide bonds. The van der Waals surface area contributed by atoms with E-state index in [4.69, 9.17) is 9.84 Å². The summed E-state index contributed by atoms with van der Waals surface area (Å²) in [6.07, 6.45) is 0.676. The molecule has 2 heterocycles. The largest absolute Gasteiger partial charge is 0.464 e. The first-order valence-electron chi connectivity index (χ1n) is 8.72. The maximum atomic E-state index is 6.35. The van der Waals surface area contributed by atoms with Crippen molar-refractivity contribution in [2.45, 2.75) is 18.7 Å². The van der Waals surface area contributed by atoms with Gasteiger partial charge in [0.1, 0.15) is 5.75 Å². The Kier molecular flexibility index (Phi) is 3.79. The van der Waals surface area contributed by atoms with Crippen LogP contribution in [0.3, 0.4) is 0 Å². The quantitative estimate of drug-likeness (QED) is 0.547. The molecule has 3 aromatic carbocycles. The standard InChI is InChI=1S/C22H17BrN2O/c23-17-12-10-15(11-13-17)19-14-20-18-8-4-5-9-21(18)26-22(25(20)24-19)16-6-2-1-3-7-16/h1-13,20,22H,14H2/t20-,22+/m0/s1. The molecule has 0 saturated heterocycles. The fourth-order valence-corrected chi connectivity index (χ4v) is 3.95.